The third kappa shape index (κ3) is 7.81. The lowest BCUT2D eigenvalue weighted by Gasteiger charge is -2.46. The van der Waals surface area contributed by atoms with Crippen LogP contribution in [0.4, 0.5) is 15.6 Å². The average molecular weight is 917 g/mol. The highest BCUT2D eigenvalue weighted by Crippen LogP contribution is 2.66. The van der Waals surface area contributed by atoms with E-state index in [4.69, 9.17) is 19.2 Å². The average Bonchev–Trinajstić information content (AvgIpc) is 3.91. The number of fused-ring (bicyclic) bond motifs is 4. The normalized spacial score (nSPS) is 24.3. The highest BCUT2D eigenvalue weighted by molar-refractivity contribution is 7.22. The molecule has 0 bridgehead atoms. The van der Waals surface area contributed by atoms with E-state index in [9.17, 15) is 15.0 Å². The zero-order chi connectivity index (χ0) is 46.3. The first-order valence-electron chi connectivity index (χ1n) is 22.5. The lowest BCUT2D eigenvalue weighted by molar-refractivity contribution is -0.177. The van der Waals surface area contributed by atoms with Crippen molar-refractivity contribution >= 4 is 56.2 Å². The molecule has 4 aliphatic rings. The Morgan fingerprint density at radius 3 is 2.22 bits per heavy atom. The van der Waals surface area contributed by atoms with Gasteiger partial charge in [-0.1, -0.05) is 121 Å². The molecule has 2 saturated heterocycles. The standard InChI is InChI=1S/C53H48N4O9S/c1-64-30-31-65-51(62)56-40-25-20-33(26-29-52(63)27-12-2-3-13-28-52)32-38(40)53(49(56)61)42(47(59)55-50-54-39-18-10-11-19-41(39)67-50)44-48(60)66-45(35-16-8-5-9-17-35)43(34-14-6-4-7-15-34)57(44)46(53)36-21-23-37(58)24-22-36/h4-11,14-25,32,42-46,58,63H,2-3,12-13,27-28,30-31H2,1H3,(H,54,55,59). The molecule has 10 rings (SSSR count). The molecule has 1 spiro atoms. The van der Waals surface area contributed by atoms with Gasteiger partial charge in [0.05, 0.1) is 40.5 Å². The van der Waals surface area contributed by atoms with Gasteiger partial charge < -0.3 is 29.7 Å². The van der Waals surface area contributed by atoms with E-state index in [2.05, 4.69) is 17.2 Å². The second-order valence-corrected chi connectivity index (χ2v) is 18.5. The van der Waals surface area contributed by atoms with Crippen molar-refractivity contribution in [2.24, 2.45) is 5.92 Å². The number of nitrogens with one attached hydrogen (secondary N) is 1. The van der Waals surface area contributed by atoms with E-state index >= 15 is 14.4 Å². The van der Waals surface area contributed by atoms with Gasteiger partial charge in [0.15, 0.2) is 5.13 Å². The first kappa shape index (κ1) is 44.0. The highest BCUT2D eigenvalue weighted by atomic mass is 32.1. The summed E-state index contributed by atoms with van der Waals surface area (Å²) in [7, 11) is 1.46. The van der Waals surface area contributed by atoms with E-state index in [1.54, 1.807) is 30.3 Å². The minimum absolute atomic E-state index is 0.0483. The van der Waals surface area contributed by atoms with Crippen LogP contribution in [0.3, 0.4) is 0 Å². The minimum Gasteiger partial charge on any atom is -0.508 e. The van der Waals surface area contributed by atoms with Crippen LogP contribution >= 0.6 is 11.3 Å². The maximum absolute atomic E-state index is 16.4. The molecule has 340 valence electrons. The number of rotatable bonds is 8. The smallest absolute Gasteiger partial charge is 0.421 e. The van der Waals surface area contributed by atoms with E-state index in [-0.39, 0.29) is 35.3 Å². The van der Waals surface area contributed by atoms with Crippen molar-refractivity contribution in [3.8, 4) is 17.6 Å². The predicted octanol–water partition coefficient (Wildman–Crippen LogP) is 8.53. The zero-order valence-corrected chi connectivity index (χ0v) is 37.5. The Morgan fingerprint density at radius 2 is 1.52 bits per heavy atom. The van der Waals surface area contributed by atoms with Crippen LogP contribution in [-0.4, -0.2) is 75.9 Å². The number of hydrogen-bond donors (Lipinski definition) is 3. The second-order valence-electron chi connectivity index (χ2n) is 17.5. The molecule has 14 heteroatoms. The maximum atomic E-state index is 16.4. The number of thiazole rings is 1. The van der Waals surface area contributed by atoms with Crippen molar-refractivity contribution in [2.45, 2.75) is 73.8 Å². The molecule has 3 aliphatic heterocycles. The Hall–Kier alpha value is -6.89. The van der Waals surface area contributed by atoms with Crippen LogP contribution in [0.15, 0.2) is 127 Å². The molecule has 3 amide bonds. The first-order chi connectivity index (χ1) is 32.6. The van der Waals surface area contributed by atoms with E-state index in [1.165, 1.54) is 30.6 Å². The molecule has 67 heavy (non-hydrogen) atoms. The Morgan fingerprint density at radius 1 is 0.836 bits per heavy atom. The SMILES string of the molecule is COCCOC(=O)N1C(=O)C2(c3cc(C#CC4(O)CCCCCC4)ccc31)C(C(=O)Nc1nc3ccccc3s1)C1C(=O)OC(c3ccccc3)C(c3ccccc3)N1C2c1ccc(O)cc1. The molecule has 1 aliphatic carbocycles. The van der Waals surface area contributed by atoms with E-state index < -0.39 is 65.0 Å². The van der Waals surface area contributed by atoms with Crippen LogP contribution in [-0.2, 0) is 34.0 Å². The number of phenolic OH excluding ortho intramolecular Hbond substituents is 1. The third-order valence-corrected chi connectivity index (χ3v) is 14.5. The summed E-state index contributed by atoms with van der Waals surface area (Å²) in [4.78, 5) is 69.6. The maximum Gasteiger partial charge on any atom is 0.421 e. The fourth-order valence-electron chi connectivity index (χ4n) is 10.6. The van der Waals surface area contributed by atoms with Gasteiger partial charge in [-0.05, 0) is 90.4 Å². The molecule has 3 fully saturated rings. The van der Waals surface area contributed by atoms with Crippen molar-refractivity contribution in [1.29, 1.82) is 0 Å². The number of esters is 1. The fraction of sp³-hybridized carbons (Fsp3) is 0.302. The van der Waals surface area contributed by atoms with Crippen LogP contribution in [0.5, 0.6) is 5.75 Å². The van der Waals surface area contributed by atoms with Crippen molar-refractivity contribution in [3.63, 3.8) is 0 Å². The van der Waals surface area contributed by atoms with Gasteiger partial charge >= 0.3 is 12.1 Å². The number of cyclic esters (lactones) is 1. The van der Waals surface area contributed by atoms with Crippen molar-refractivity contribution in [3.05, 3.63) is 155 Å². The molecule has 3 N–H and O–H groups in total. The number of aromatic hydroxyl groups is 1. The Balaban J connectivity index is 1.26. The van der Waals surface area contributed by atoms with Gasteiger partial charge in [-0.3, -0.25) is 19.3 Å². The number of nitrogens with zero attached hydrogens (tertiary/aromatic N) is 3. The summed E-state index contributed by atoms with van der Waals surface area (Å²) in [6, 6.07) is 34.1. The van der Waals surface area contributed by atoms with Gasteiger partial charge in [0, 0.05) is 12.7 Å². The molecule has 4 heterocycles. The Bertz CT molecular complexity index is 2880. The van der Waals surface area contributed by atoms with Crippen LogP contribution in [0.2, 0.25) is 0 Å². The molecule has 5 aromatic carbocycles. The largest absolute Gasteiger partial charge is 0.508 e. The molecule has 6 atom stereocenters. The molecular formula is C53H48N4O9S. The van der Waals surface area contributed by atoms with Crippen LogP contribution in [0.25, 0.3) is 10.2 Å². The number of methoxy groups -OCH3 is 1. The van der Waals surface area contributed by atoms with Gasteiger partial charge in [0.25, 0.3) is 0 Å². The van der Waals surface area contributed by atoms with Crippen molar-refractivity contribution in [1.82, 2.24) is 9.88 Å². The zero-order valence-electron chi connectivity index (χ0n) is 36.7. The van der Waals surface area contributed by atoms with Gasteiger partial charge in [-0.15, -0.1) is 0 Å². The number of morpholine rings is 1. The predicted molar refractivity (Wildman–Crippen MR) is 251 cm³/mol. The Kier molecular flexibility index (Phi) is 11.9. The van der Waals surface area contributed by atoms with Crippen LogP contribution < -0.4 is 10.2 Å². The van der Waals surface area contributed by atoms with E-state index in [0.29, 0.717) is 35.0 Å². The number of aliphatic hydroxyl groups is 1. The number of phenols is 1. The molecule has 0 radical (unpaired) electrons. The monoisotopic (exact) mass is 916 g/mol. The number of hydrogen-bond acceptors (Lipinski definition) is 12. The number of carbonyl (C=O) groups is 4. The lowest BCUT2D eigenvalue weighted by Crippen LogP contribution is -2.54. The first-order valence-corrected chi connectivity index (χ1v) is 23.4. The topological polar surface area (TPSA) is 168 Å². The molecule has 6 unspecified atom stereocenters. The third-order valence-electron chi connectivity index (χ3n) is 13.5. The quantitative estimate of drug-likeness (QED) is 0.0580. The molecule has 6 aromatic rings. The van der Waals surface area contributed by atoms with Gasteiger partial charge in [-0.25, -0.2) is 14.7 Å². The summed E-state index contributed by atoms with van der Waals surface area (Å²) < 4.78 is 18.2. The fourth-order valence-corrected chi connectivity index (χ4v) is 11.5. The summed E-state index contributed by atoms with van der Waals surface area (Å²) >= 11 is 1.24. The number of aromatic nitrogens is 1. The molecule has 1 aromatic heterocycles. The van der Waals surface area contributed by atoms with Gasteiger partial charge in [-0.2, -0.15) is 0 Å². The number of ether oxygens (including phenoxy) is 3. The number of benzene rings is 5. The molecule has 1 saturated carbocycles. The summed E-state index contributed by atoms with van der Waals surface area (Å²) in [6.07, 6.45) is 2.73. The molecule has 13 nitrogen and oxygen atoms in total. The molecular weight excluding hydrogens is 869 g/mol. The minimum atomic E-state index is -2.09. The number of para-hydroxylation sites is 1. The van der Waals surface area contributed by atoms with Crippen LogP contribution in [0.1, 0.15) is 84.5 Å². The number of imide groups is 1. The summed E-state index contributed by atoms with van der Waals surface area (Å²) in [5.41, 5.74) is 0.00242. The van der Waals surface area contributed by atoms with Crippen molar-refractivity contribution < 1.29 is 43.6 Å². The van der Waals surface area contributed by atoms with Crippen LogP contribution in [0, 0.1) is 17.8 Å². The van der Waals surface area contributed by atoms with Crippen molar-refractivity contribution in [2.75, 3.05) is 30.5 Å². The summed E-state index contributed by atoms with van der Waals surface area (Å²) in [5.74, 6) is 2.43. The number of carbonyl (C=O) groups excluding carboxylic acids is 4. The lowest BCUT2D eigenvalue weighted by atomic mass is 9.65. The van der Waals surface area contributed by atoms with Gasteiger partial charge in [0.1, 0.15) is 35.5 Å². The summed E-state index contributed by atoms with van der Waals surface area (Å²) in [6.45, 7) is -0.129. The second kappa shape index (κ2) is 18.1. The Labute approximate surface area is 391 Å². The summed E-state index contributed by atoms with van der Waals surface area (Å²) in [5, 5.41) is 25.7. The van der Waals surface area contributed by atoms with Gasteiger partial charge in [0.2, 0.25) is 11.8 Å². The number of anilines is 2. The number of amides is 3. The van der Waals surface area contributed by atoms with E-state index in [1.807, 2.05) is 89.8 Å². The van der Waals surface area contributed by atoms with E-state index in [0.717, 1.165) is 40.8 Å². The highest BCUT2D eigenvalue weighted by Gasteiger charge is 2.76.